The van der Waals surface area contributed by atoms with Gasteiger partial charge in [0.25, 0.3) is 5.91 Å². The minimum atomic E-state index is -0.283. The Bertz CT molecular complexity index is 1040. The second kappa shape index (κ2) is 8.53. The molecule has 0 radical (unpaired) electrons. The Morgan fingerprint density at radius 2 is 2.00 bits per heavy atom. The number of hydrogen-bond donors (Lipinski definition) is 1. The van der Waals surface area contributed by atoms with Crippen LogP contribution in [0, 0.1) is 5.82 Å². The zero-order valence-corrected chi connectivity index (χ0v) is 17.2. The molecule has 1 aliphatic carbocycles. The molecular weight excluding hydrogens is 405 g/mol. The number of nitrogens with zero attached hydrogens (tertiary/aromatic N) is 4. The summed E-state index contributed by atoms with van der Waals surface area (Å²) >= 11 is 0. The topological polar surface area (TPSA) is 63.1 Å². The number of hydrogen-bond acceptors (Lipinski definition) is 4. The van der Waals surface area contributed by atoms with Crippen molar-refractivity contribution in [1.82, 2.24) is 25.0 Å². The summed E-state index contributed by atoms with van der Waals surface area (Å²) in [6.07, 6.45) is 6.28. The number of amides is 1. The van der Waals surface area contributed by atoms with E-state index in [4.69, 9.17) is 5.10 Å². The van der Waals surface area contributed by atoms with Crippen molar-refractivity contribution in [3.8, 4) is 5.69 Å². The van der Waals surface area contributed by atoms with Crippen LogP contribution < -0.4 is 5.32 Å². The average Bonchev–Trinajstić information content (AvgIpc) is 3.38. The normalized spacial score (nSPS) is 18.0. The minimum Gasteiger partial charge on any atom is -0.328 e. The van der Waals surface area contributed by atoms with Crippen molar-refractivity contribution in [3.05, 3.63) is 77.1 Å². The molecule has 1 atom stereocenters. The number of fused-ring (bicyclic) bond motifs is 1. The lowest BCUT2D eigenvalue weighted by atomic mass is 10.0. The molecule has 3 aromatic rings. The number of pyridine rings is 1. The van der Waals surface area contributed by atoms with Crippen LogP contribution in [0.2, 0.25) is 0 Å². The van der Waals surface area contributed by atoms with Gasteiger partial charge in [0, 0.05) is 43.3 Å². The number of carbonyl (C=O) groups excluding carboxylic acids is 1. The van der Waals surface area contributed by atoms with Gasteiger partial charge in [0.15, 0.2) is 5.69 Å². The van der Waals surface area contributed by atoms with E-state index in [0.29, 0.717) is 18.8 Å². The number of benzene rings is 1. The van der Waals surface area contributed by atoms with Crippen molar-refractivity contribution < 1.29 is 9.18 Å². The molecule has 30 heavy (non-hydrogen) atoms. The Morgan fingerprint density at radius 1 is 1.17 bits per heavy atom. The number of rotatable bonds is 3. The SMILES string of the molecule is Cl.O=C(c1nn(-c2ccc(F)cc2)c2c1CCC2)N1CCNCC1c1cccnc1. The third kappa shape index (κ3) is 3.59. The van der Waals surface area contributed by atoms with Crippen LogP contribution in [0.25, 0.3) is 5.69 Å². The summed E-state index contributed by atoms with van der Waals surface area (Å²) in [4.78, 5) is 19.7. The van der Waals surface area contributed by atoms with Crippen LogP contribution in [0.5, 0.6) is 0 Å². The summed E-state index contributed by atoms with van der Waals surface area (Å²) in [5, 5.41) is 8.08. The number of carbonyl (C=O) groups is 1. The van der Waals surface area contributed by atoms with Crippen molar-refractivity contribution in [1.29, 1.82) is 0 Å². The molecule has 1 saturated heterocycles. The molecule has 1 unspecified atom stereocenters. The fourth-order valence-corrected chi connectivity index (χ4v) is 4.36. The zero-order chi connectivity index (χ0) is 19.8. The molecule has 1 aromatic carbocycles. The second-order valence-corrected chi connectivity index (χ2v) is 7.52. The Labute approximate surface area is 180 Å². The summed E-state index contributed by atoms with van der Waals surface area (Å²) < 4.78 is 15.2. The number of piperazine rings is 1. The first-order chi connectivity index (χ1) is 14.2. The van der Waals surface area contributed by atoms with Crippen LogP contribution in [0.15, 0.2) is 48.8 Å². The van der Waals surface area contributed by atoms with Crippen molar-refractivity contribution in [2.75, 3.05) is 19.6 Å². The number of nitrogens with one attached hydrogen (secondary N) is 1. The van der Waals surface area contributed by atoms with Gasteiger partial charge in [-0.2, -0.15) is 5.10 Å². The molecule has 1 fully saturated rings. The number of aromatic nitrogens is 3. The first-order valence-electron chi connectivity index (χ1n) is 10.0. The Balaban J connectivity index is 0.00000218. The van der Waals surface area contributed by atoms with Gasteiger partial charge in [0.05, 0.1) is 11.7 Å². The molecule has 6 nitrogen and oxygen atoms in total. The molecule has 2 aromatic heterocycles. The monoisotopic (exact) mass is 427 g/mol. The van der Waals surface area contributed by atoms with E-state index in [0.717, 1.165) is 48.3 Å². The molecular formula is C22H23ClFN5O. The highest BCUT2D eigenvalue weighted by Crippen LogP contribution is 2.31. The first kappa shape index (κ1) is 20.5. The van der Waals surface area contributed by atoms with Crippen LogP contribution in [0.1, 0.15) is 39.8 Å². The lowest BCUT2D eigenvalue weighted by Crippen LogP contribution is -2.49. The lowest BCUT2D eigenvalue weighted by molar-refractivity contribution is 0.0626. The van der Waals surface area contributed by atoms with E-state index >= 15 is 0 Å². The average molecular weight is 428 g/mol. The summed E-state index contributed by atoms with van der Waals surface area (Å²) in [5.41, 5.74) is 4.42. The van der Waals surface area contributed by atoms with E-state index in [9.17, 15) is 9.18 Å². The second-order valence-electron chi connectivity index (χ2n) is 7.52. The van der Waals surface area contributed by atoms with Gasteiger partial charge < -0.3 is 10.2 Å². The van der Waals surface area contributed by atoms with Crippen LogP contribution in [0.4, 0.5) is 4.39 Å². The molecule has 5 rings (SSSR count). The molecule has 0 saturated carbocycles. The van der Waals surface area contributed by atoms with Crippen molar-refractivity contribution >= 4 is 18.3 Å². The maximum Gasteiger partial charge on any atom is 0.275 e. The van der Waals surface area contributed by atoms with Gasteiger partial charge in [-0.05, 0) is 55.2 Å². The van der Waals surface area contributed by atoms with Gasteiger partial charge in [0.2, 0.25) is 0 Å². The van der Waals surface area contributed by atoms with Crippen molar-refractivity contribution in [3.63, 3.8) is 0 Å². The summed E-state index contributed by atoms with van der Waals surface area (Å²) in [6, 6.07) is 10.1. The third-order valence-corrected chi connectivity index (χ3v) is 5.78. The van der Waals surface area contributed by atoms with E-state index in [1.165, 1.54) is 12.1 Å². The van der Waals surface area contributed by atoms with E-state index < -0.39 is 0 Å². The van der Waals surface area contributed by atoms with E-state index in [1.54, 1.807) is 18.3 Å². The highest BCUT2D eigenvalue weighted by atomic mass is 35.5. The van der Waals surface area contributed by atoms with Gasteiger partial charge in [-0.25, -0.2) is 9.07 Å². The first-order valence-corrected chi connectivity index (χ1v) is 10.0. The van der Waals surface area contributed by atoms with Crippen molar-refractivity contribution in [2.45, 2.75) is 25.3 Å². The standard InChI is InChI=1S/C22H22FN5O.ClH/c23-16-6-8-17(9-7-16)28-19-5-1-4-18(19)21(26-28)22(29)27-12-11-25-14-20(27)15-3-2-10-24-13-15;/h2-3,6-10,13,20,25H,1,4-5,11-12,14H2;1H. The van der Waals surface area contributed by atoms with Gasteiger partial charge in [0.1, 0.15) is 5.82 Å². The molecule has 1 amide bonds. The highest BCUT2D eigenvalue weighted by molar-refractivity contribution is 5.94. The van der Waals surface area contributed by atoms with Gasteiger partial charge >= 0.3 is 0 Å². The fourth-order valence-electron chi connectivity index (χ4n) is 4.36. The molecule has 156 valence electrons. The predicted octanol–water partition coefficient (Wildman–Crippen LogP) is 3.10. The van der Waals surface area contributed by atoms with Gasteiger partial charge in [-0.3, -0.25) is 9.78 Å². The molecule has 1 aliphatic heterocycles. The molecule has 1 N–H and O–H groups in total. The summed E-state index contributed by atoms with van der Waals surface area (Å²) in [7, 11) is 0. The minimum absolute atomic E-state index is 0. The van der Waals surface area contributed by atoms with Gasteiger partial charge in [-0.1, -0.05) is 6.07 Å². The molecule has 3 heterocycles. The maximum absolute atomic E-state index is 13.6. The van der Waals surface area contributed by atoms with Crippen LogP contribution in [-0.4, -0.2) is 45.2 Å². The molecule has 2 aliphatic rings. The smallest absolute Gasteiger partial charge is 0.275 e. The van der Waals surface area contributed by atoms with E-state index in [-0.39, 0.29) is 30.2 Å². The van der Waals surface area contributed by atoms with Crippen LogP contribution in [0.3, 0.4) is 0 Å². The maximum atomic E-state index is 13.6. The van der Waals surface area contributed by atoms with Crippen molar-refractivity contribution in [2.24, 2.45) is 0 Å². The lowest BCUT2D eigenvalue weighted by Gasteiger charge is -2.36. The summed E-state index contributed by atoms with van der Waals surface area (Å²) in [5.74, 6) is -0.326. The Kier molecular flexibility index (Phi) is 5.83. The largest absolute Gasteiger partial charge is 0.328 e. The number of halogens is 2. The molecule has 8 heteroatoms. The molecule has 0 bridgehead atoms. The van der Waals surface area contributed by atoms with Gasteiger partial charge in [-0.15, -0.1) is 12.4 Å². The van der Waals surface area contributed by atoms with Crippen LogP contribution >= 0.6 is 12.4 Å². The predicted molar refractivity (Wildman–Crippen MR) is 114 cm³/mol. The Morgan fingerprint density at radius 3 is 2.77 bits per heavy atom. The highest BCUT2D eigenvalue weighted by Gasteiger charge is 2.34. The third-order valence-electron chi connectivity index (χ3n) is 5.78. The fraction of sp³-hybridized carbons (Fsp3) is 0.318. The van der Waals surface area contributed by atoms with E-state index in [2.05, 4.69) is 10.3 Å². The molecule has 0 spiro atoms. The zero-order valence-electron chi connectivity index (χ0n) is 16.4. The quantitative estimate of drug-likeness (QED) is 0.697. The van der Waals surface area contributed by atoms with Crippen LogP contribution in [-0.2, 0) is 12.8 Å². The summed E-state index contributed by atoms with van der Waals surface area (Å²) in [6.45, 7) is 2.07. The van der Waals surface area contributed by atoms with E-state index in [1.807, 2.05) is 27.9 Å². The Hall–Kier alpha value is -2.77.